The van der Waals surface area contributed by atoms with E-state index < -0.39 is 12.5 Å². The SMILES string of the molecule is CC/C=C(/NC1=NCC(F)(F)CC1)c1c(C)ccc(CC)c1-c1ccccc1. The van der Waals surface area contributed by atoms with Crippen LogP contribution in [0.5, 0.6) is 0 Å². The quantitative estimate of drug-likeness (QED) is 0.636. The van der Waals surface area contributed by atoms with Crippen LogP contribution in [0.25, 0.3) is 16.8 Å². The number of alkyl halides is 2. The average molecular weight is 382 g/mol. The van der Waals surface area contributed by atoms with Crippen LogP contribution in [0.3, 0.4) is 0 Å². The second kappa shape index (κ2) is 8.68. The number of aliphatic imine (C=N–C) groups is 1. The van der Waals surface area contributed by atoms with Gasteiger partial charge in [-0.15, -0.1) is 0 Å². The fourth-order valence-corrected chi connectivity index (χ4v) is 3.67. The highest BCUT2D eigenvalue weighted by Gasteiger charge is 2.32. The summed E-state index contributed by atoms with van der Waals surface area (Å²) in [5.74, 6) is -2.04. The molecule has 3 rings (SSSR count). The van der Waals surface area contributed by atoms with Gasteiger partial charge in [-0.25, -0.2) is 8.78 Å². The number of hydrogen-bond donors (Lipinski definition) is 1. The van der Waals surface area contributed by atoms with Crippen molar-refractivity contribution in [1.29, 1.82) is 0 Å². The van der Waals surface area contributed by atoms with Gasteiger partial charge >= 0.3 is 0 Å². The number of rotatable bonds is 5. The molecule has 1 heterocycles. The van der Waals surface area contributed by atoms with Gasteiger partial charge in [0.2, 0.25) is 0 Å². The van der Waals surface area contributed by atoms with E-state index in [1.54, 1.807) is 0 Å². The molecule has 4 heteroatoms. The molecule has 0 aliphatic carbocycles. The molecule has 0 saturated heterocycles. The highest BCUT2D eigenvalue weighted by molar-refractivity contribution is 5.95. The van der Waals surface area contributed by atoms with Crippen LogP contribution >= 0.6 is 0 Å². The smallest absolute Gasteiger partial charge is 0.267 e. The summed E-state index contributed by atoms with van der Waals surface area (Å²) in [5, 5.41) is 3.39. The first kappa shape index (κ1) is 20.2. The Morgan fingerprint density at radius 3 is 2.50 bits per heavy atom. The van der Waals surface area contributed by atoms with E-state index in [1.165, 1.54) is 16.7 Å². The Morgan fingerprint density at radius 2 is 1.89 bits per heavy atom. The van der Waals surface area contributed by atoms with Crippen molar-refractivity contribution in [2.24, 2.45) is 4.99 Å². The van der Waals surface area contributed by atoms with E-state index in [9.17, 15) is 8.78 Å². The highest BCUT2D eigenvalue weighted by Crippen LogP contribution is 2.35. The Hall–Kier alpha value is -2.49. The van der Waals surface area contributed by atoms with Crippen molar-refractivity contribution >= 4 is 11.5 Å². The maximum Gasteiger partial charge on any atom is 0.267 e. The van der Waals surface area contributed by atoms with E-state index in [0.29, 0.717) is 5.84 Å². The van der Waals surface area contributed by atoms with Crippen LogP contribution in [0, 0.1) is 6.92 Å². The van der Waals surface area contributed by atoms with Crippen molar-refractivity contribution in [2.75, 3.05) is 6.54 Å². The summed E-state index contributed by atoms with van der Waals surface area (Å²) in [6.45, 7) is 5.90. The highest BCUT2D eigenvalue weighted by atomic mass is 19.3. The first-order valence-electron chi connectivity index (χ1n) is 10.0. The second-order valence-electron chi connectivity index (χ2n) is 7.28. The zero-order chi connectivity index (χ0) is 20.1. The number of allylic oxidation sites excluding steroid dienone is 1. The minimum atomic E-state index is -2.69. The summed E-state index contributed by atoms with van der Waals surface area (Å²) in [4.78, 5) is 4.12. The largest absolute Gasteiger partial charge is 0.344 e. The van der Waals surface area contributed by atoms with Crippen LogP contribution in [0.2, 0.25) is 0 Å². The van der Waals surface area contributed by atoms with Crippen LogP contribution in [0.4, 0.5) is 8.78 Å². The Kier molecular flexibility index (Phi) is 6.28. The van der Waals surface area contributed by atoms with E-state index >= 15 is 0 Å². The zero-order valence-corrected chi connectivity index (χ0v) is 16.9. The molecule has 0 unspecified atom stereocenters. The van der Waals surface area contributed by atoms with E-state index in [2.05, 4.69) is 61.4 Å². The lowest BCUT2D eigenvalue weighted by Crippen LogP contribution is -2.33. The predicted octanol–water partition coefficient (Wildman–Crippen LogP) is 6.39. The van der Waals surface area contributed by atoms with E-state index in [1.807, 2.05) is 18.2 Å². The standard InChI is InChI=1S/C24H28F2N2/c1-4-9-20(28-21-14-15-24(25,26)16-27-21)22-17(3)12-13-18(5-2)23(22)19-10-7-6-8-11-19/h6-13H,4-5,14-16H2,1-3H3,(H,27,28)/b20-9+. The second-order valence-corrected chi connectivity index (χ2v) is 7.28. The number of halogens is 2. The Morgan fingerprint density at radius 1 is 1.14 bits per heavy atom. The molecule has 0 saturated carbocycles. The van der Waals surface area contributed by atoms with Crippen molar-refractivity contribution in [3.8, 4) is 11.1 Å². The molecule has 0 bridgehead atoms. The fraction of sp³-hybridized carbons (Fsp3) is 0.375. The summed E-state index contributed by atoms with van der Waals surface area (Å²) in [6, 6.07) is 14.7. The molecule has 1 N–H and O–H groups in total. The van der Waals surface area contributed by atoms with E-state index in [-0.39, 0.29) is 12.8 Å². The molecular weight excluding hydrogens is 354 g/mol. The predicted molar refractivity (Wildman–Crippen MR) is 114 cm³/mol. The van der Waals surface area contributed by atoms with Gasteiger partial charge in [-0.05, 0) is 42.0 Å². The molecule has 28 heavy (non-hydrogen) atoms. The van der Waals surface area contributed by atoms with Crippen LogP contribution in [0.1, 0.15) is 49.8 Å². The van der Waals surface area contributed by atoms with Crippen LogP contribution < -0.4 is 5.32 Å². The number of nitrogens with one attached hydrogen (secondary N) is 1. The first-order chi connectivity index (χ1) is 13.4. The van der Waals surface area contributed by atoms with Crippen molar-refractivity contribution in [2.45, 2.75) is 52.4 Å². The number of hydrogen-bond acceptors (Lipinski definition) is 2. The maximum absolute atomic E-state index is 13.5. The molecule has 2 aromatic rings. The third kappa shape index (κ3) is 4.49. The molecule has 1 aliphatic heterocycles. The number of aryl methyl sites for hydroxylation is 2. The monoisotopic (exact) mass is 382 g/mol. The minimum absolute atomic E-state index is 0.155. The van der Waals surface area contributed by atoms with E-state index in [0.717, 1.165) is 29.7 Å². The summed E-state index contributed by atoms with van der Waals surface area (Å²) in [6.07, 6.45) is 4.00. The first-order valence-corrected chi connectivity index (χ1v) is 10.0. The molecule has 0 amide bonds. The maximum atomic E-state index is 13.5. The number of amidine groups is 1. The minimum Gasteiger partial charge on any atom is -0.344 e. The molecular formula is C24H28F2N2. The molecule has 1 aliphatic rings. The molecule has 0 atom stereocenters. The molecule has 2 nitrogen and oxygen atoms in total. The van der Waals surface area contributed by atoms with Gasteiger partial charge in [-0.2, -0.15) is 0 Å². The fourth-order valence-electron chi connectivity index (χ4n) is 3.67. The third-order valence-corrected chi connectivity index (χ3v) is 5.13. The van der Waals surface area contributed by atoms with Crippen molar-refractivity contribution < 1.29 is 8.78 Å². The van der Waals surface area contributed by atoms with Gasteiger partial charge in [-0.1, -0.05) is 62.4 Å². The number of nitrogens with zero attached hydrogens (tertiary/aromatic N) is 1. The van der Waals surface area contributed by atoms with Gasteiger partial charge in [0.1, 0.15) is 12.4 Å². The van der Waals surface area contributed by atoms with Crippen LogP contribution in [0.15, 0.2) is 53.5 Å². The van der Waals surface area contributed by atoms with Gasteiger partial charge in [0.15, 0.2) is 0 Å². The molecule has 0 aromatic heterocycles. The van der Waals surface area contributed by atoms with Crippen molar-refractivity contribution in [3.05, 3.63) is 65.2 Å². The van der Waals surface area contributed by atoms with Gasteiger partial charge in [0.05, 0.1) is 0 Å². The van der Waals surface area contributed by atoms with E-state index in [4.69, 9.17) is 0 Å². The van der Waals surface area contributed by atoms with Gasteiger partial charge in [0.25, 0.3) is 5.92 Å². The average Bonchev–Trinajstić information content (AvgIpc) is 2.69. The third-order valence-electron chi connectivity index (χ3n) is 5.13. The summed E-state index contributed by atoms with van der Waals surface area (Å²) >= 11 is 0. The van der Waals surface area contributed by atoms with Gasteiger partial charge in [0, 0.05) is 24.1 Å². The molecule has 148 valence electrons. The summed E-state index contributed by atoms with van der Waals surface area (Å²) < 4.78 is 27.0. The topological polar surface area (TPSA) is 24.4 Å². The summed E-state index contributed by atoms with van der Waals surface area (Å²) in [7, 11) is 0. The van der Waals surface area contributed by atoms with Crippen molar-refractivity contribution in [3.63, 3.8) is 0 Å². The lowest BCUT2D eigenvalue weighted by Gasteiger charge is -2.25. The molecule has 0 spiro atoms. The molecule has 0 fully saturated rings. The Bertz CT molecular complexity index is 883. The van der Waals surface area contributed by atoms with Crippen LogP contribution in [-0.2, 0) is 6.42 Å². The Labute approximate surface area is 166 Å². The number of benzene rings is 2. The normalized spacial score (nSPS) is 16.6. The lowest BCUT2D eigenvalue weighted by molar-refractivity contribution is 0.000554. The van der Waals surface area contributed by atoms with Crippen LogP contribution in [-0.4, -0.2) is 18.3 Å². The van der Waals surface area contributed by atoms with Gasteiger partial charge in [-0.3, -0.25) is 4.99 Å². The van der Waals surface area contributed by atoms with Gasteiger partial charge < -0.3 is 5.32 Å². The summed E-state index contributed by atoms with van der Waals surface area (Å²) in [5.41, 5.74) is 6.89. The van der Waals surface area contributed by atoms with Crippen molar-refractivity contribution in [1.82, 2.24) is 5.32 Å². The Balaban J connectivity index is 2.09. The molecule has 2 aromatic carbocycles. The lowest BCUT2D eigenvalue weighted by atomic mass is 9.88. The molecule has 0 radical (unpaired) electrons. The zero-order valence-electron chi connectivity index (χ0n) is 16.9.